The number of anilines is 2. The molecule has 0 saturated heterocycles. The average Bonchev–Trinajstić information content (AvgIpc) is 3.31. The lowest BCUT2D eigenvalue weighted by atomic mass is 10.1. The number of aromatic nitrogens is 3. The van der Waals surface area contributed by atoms with E-state index in [1.54, 1.807) is 53.8 Å². The Morgan fingerprint density at radius 3 is 2.26 bits per heavy atom. The van der Waals surface area contributed by atoms with Gasteiger partial charge in [0.05, 0.1) is 17.9 Å². The number of rotatable bonds is 5. The highest BCUT2D eigenvalue weighted by Gasteiger charge is 2.35. The predicted molar refractivity (Wildman–Crippen MR) is 143 cm³/mol. The van der Waals surface area contributed by atoms with E-state index in [9.17, 15) is 9.59 Å². The van der Waals surface area contributed by atoms with Gasteiger partial charge in [-0.2, -0.15) is 0 Å². The molecule has 0 fully saturated rings. The Morgan fingerprint density at radius 1 is 0.974 bits per heavy atom. The second kappa shape index (κ2) is 10.6. The number of hydrogen-bond donors (Lipinski definition) is 1. The van der Waals surface area contributed by atoms with E-state index in [2.05, 4.69) is 20.3 Å². The van der Waals surface area contributed by atoms with E-state index in [0.717, 1.165) is 16.9 Å². The Morgan fingerprint density at radius 2 is 1.63 bits per heavy atom. The van der Waals surface area contributed by atoms with E-state index < -0.39 is 23.4 Å². The molecule has 10 heteroatoms. The van der Waals surface area contributed by atoms with Gasteiger partial charge >= 0.3 is 12.2 Å². The van der Waals surface area contributed by atoms with E-state index in [0.29, 0.717) is 41.5 Å². The molecule has 3 heterocycles. The lowest BCUT2D eigenvalue weighted by Crippen LogP contribution is -2.44. The highest BCUT2D eigenvalue weighted by Crippen LogP contribution is 2.39. The van der Waals surface area contributed by atoms with Crippen molar-refractivity contribution < 1.29 is 23.8 Å². The molecule has 2 amide bonds. The van der Waals surface area contributed by atoms with E-state index in [4.69, 9.17) is 14.2 Å². The predicted octanol–water partition coefficient (Wildman–Crippen LogP) is 5.76. The molecule has 1 N–H and O–H groups in total. The van der Waals surface area contributed by atoms with E-state index in [-0.39, 0.29) is 5.95 Å². The van der Waals surface area contributed by atoms with Gasteiger partial charge in [0, 0.05) is 30.9 Å². The van der Waals surface area contributed by atoms with Gasteiger partial charge in [-0.05, 0) is 53.2 Å². The molecule has 1 aliphatic heterocycles. The number of carbonyl (C=O) groups is 2. The van der Waals surface area contributed by atoms with Crippen molar-refractivity contribution in [1.82, 2.24) is 15.0 Å². The average molecular weight is 520 g/mol. The second-order valence-corrected chi connectivity index (χ2v) is 10.8. The van der Waals surface area contributed by atoms with Gasteiger partial charge in [-0.3, -0.25) is 0 Å². The summed E-state index contributed by atoms with van der Waals surface area (Å²) < 4.78 is 16.9. The zero-order chi connectivity index (χ0) is 27.5. The lowest BCUT2D eigenvalue weighted by Gasteiger charge is -2.27. The molecular weight excluding hydrogens is 486 g/mol. The highest BCUT2D eigenvalue weighted by atomic mass is 16.6. The molecule has 0 aliphatic carbocycles. The number of fused-ring (bicyclic) bond motifs is 1. The third-order valence-corrected chi connectivity index (χ3v) is 5.30. The largest absolute Gasteiger partial charge is 0.492 e. The monoisotopic (exact) mass is 519 g/mol. The Kier molecular flexibility index (Phi) is 7.52. The third-order valence-electron chi connectivity index (χ3n) is 5.30. The molecule has 0 bridgehead atoms. The third kappa shape index (κ3) is 6.56. The normalized spacial score (nSPS) is 12.8. The molecule has 1 aromatic carbocycles. The van der Waals surface area contributed by atoms with E-state index in [1.165, 1.54) is 6.20 Å². The summed E-state index contributed by atoms with van der Waals surface area (Å²) in [5, 5.41) is 3.39. The summed E-state index contributed by atoms with van der Waals surface area (Å²) in [5.41, 5.74) is 1.43. The fraction of sp³-hybridized carbons (Fsp3) is 0.393. The first-order valence-electron chi connectivity index (χ1n) is 12.4. The molecule has 0 unspecified atom stereocenters. The van der Waals surface area contributed by atoms with E-state index in [1.807, 2.05) is 30.3 Å². The van der Waals surface area contributed by atoms with Crippen molar-refractivity contribution in [3.8, 4) is 17.0 Å². The second-order valence-electron chi connectivity index (χ2n) is 10.8. The van der Waals surface area contributed by atoms with Gasteiger partial charge in [0.25, 0.3) is 0 Å². The Bertz CT molecular complexity index is 1290. The number of amides is 2. The maximum absolute atomic E-state index is 13.0. The molecule has 4 rings (SSSR count). The van der Waals surface area contributed by atoms with Gasteiger partial charge in [0.15, 0.2) is 0 Å². The van der Waals surface area contributed by atoms with Crippen LogP contribution in [0.4, 0.5) is 21.4 Å². The van der Waals surface area contributed by atoms with Crippen LogP contribution in [0, 0.1) is 0 Å². The Balaban J connectivity index is 1.67. The lowest BCUT2D eigenvalue weighted by molar-refractivity contribution is 0.0427. The number of nitrogens with zero attached hydrogens (tertiary/aromatic N) is 4. The molecule has 2 aromatic heterocycles. The van der Waals surface area contributed by atoms with Gasteiger partial charge in [-0.1, -0.05) is 30.3 Å². The smallest absolute Gasteiger partial charge is 0.427 e. The number of hydrogen-bond acceptors (Lipinski definition) is 9. The summed E-state index contributed by atoms with van der Waals surface area (Å²) in [7, 11) is 0. The van der Waals surface area contributed by atoms with Crippen LogP contribution in [0.3, 0.4) is 0 Å². The first kappa shape index (κ1) is 26.8. The van der Waals surface area contributed by atoms with Gasteiger partial charge in [0.2, 0.25) is 5.95 Å². The number of carbonyl (C=O) groups excluding carboxylic acids is 2. The summed E-state index contributed by atoms with van der Waals surface area (Å²) >= 11 is 0. The van der Waals surface area contributed by atoms with Crippen LogP contribution in [0.25, 0.3) is 11.3 Å². The maximum atomic E-state index is 13.0. The number of pyridine rings is 1. The van der Waals surface area contributed by atoms with Gasteiger partial charge in [-0.25, -0.2) is 24.5 Å². The minimum Gasteiger partial charge on any atom is -0.492 e. The number of nitrogens with one attached hydrogen (secondary N) is 1. The molecule has 38 heavy (non-hydrogen) atoms. The van der Waals surface area contributed by atoms with Crippen LogP contribution in [0.5, 0.6) is 5.75 Å². The summed E-state index contributed by atoms with van der Waals surface area (Å²) in [6.45, 7) is 11.4. The Hall–Kier alpha value is -4.21. The molecule has 0 atom stereocenters. The molecule has 0 radical (unpaired) electrons. The van der Waals surface area contributed by atoms with Crippen molar-refractivity contribution >= 4 is 24.0 Å². The van der Waals surface area contributed by atoms with Crippen molar-refractivity contribution in [1.29, 1.82) is 0 Å². The molecule has 1 aliphatic rings. The first-order valence-corrected chi connectivity index (χ1v) is 12.4. The number of imide groups is 1. The standard InChI is InChI=1S/C28H33N5O5/c1-27(2,3)37-25(34)33(26(35)38-28(4,5)6)24-29-14-12-21(32-24)20-17-31-23(19-13-15-36-22(19)20)30-16-18-10-8-7-9-11-18/h7-12,14,17H,13,15-16H2,1-6H3,(H,30,31). The van der Waals surface area contributed by atoms with Gasteiger partial charge in [0.1, 0.15) is 22.8 Å². The zero-order valence-electron chi connectivity index (χ0n) is 22.6. The van der Waals surface area contributed by atoms with Crippen molar-refractivity contribution in [3.05, 3.63) is 59.9 Å². The van der Waals surface area contributed by atoms with Crippen LogP contribution in [-0.2, 0) is 22.4 Å². The fourth-order valence-corrected chi connectivity index (χ4v) is 3.76. The van der Waals surface area contributed by atoms with Crippen molar-refractivity contribution in [2.24, 2.45) is 0 Å². The van der Waals surface area contributed by atoms with Crippen LogP contribution in [-0.4, -0.2) is 44.9 Å². The topological polar surface area (TPSA) is 116 Å². The summed E-state index contributed by atoms with van der Waals surface area (Å²) in [5.74, 6) is 1.22. The highest BCUT2D eigenvalue weighted by molar-refractivity contribution is 6.08. The van der Waals surface area contributed by atoms with Gasteiger partial charge < -0.3 is 19.5 Å². The summed E-state index contributed by atoms with van der Waals surface area (Å²) in [4.78, 5) is 40.1. The van der Waals surface area contributed by atoms with Crippen LogP contribution >= 0.6 is 0 Å². The van der Waals surface area contributed by atoms with Crippen LogP contribution < -0.4 is 15.0 Å². The molecule has 3 aromatic rings. The molecule has 10 nitrogen and oxygen atoms in total. The minimum absolute atomic E-state index is 0.177. The maximum Gasteiger partial charge on any atom is 0.427 e. The SMILES string of the molecule is CC(C)(C)OC(=O)N(C(=O)OC(C)(C)C)c1nccc(-c2cnc(NCc3ccccc3)c3c2OCC3)n1. The van der Waals surface area contributed by atoms with Crippen LogP contribution in [0.2, 0.25) is 0 Å². The zero-order valence-corrected chi connectivity index (χ0v) is 22.6. The van der Waals surface area contributed by atoms with Crippen LogP contribution in [0.1, 0.15) is 52.7 Å². The molecule has 200 valence electrons. The summed E-state index contributed by atoms with van der Waals surface area (Å²) in [6.07, 6.45) is 1.93. The van der Waals surface area contributed by atoms with Crippen molar-refractivity contribution in [3.63, 3.8) is 0 Å². The van der Waals surface area contributed by atoms with Crippen molar-refractivity contribution in [2.75, 3.05) is 16.8 Å². The molecule has 0 saturated carbocycles. The quantitative estimate of drug-likeness (QED) is 0.449. The Labute approximate surface area is 222 Å². The van der Waals surface area contributed by atoms with Crippen LogP contribution in [0.15, 0.2) is 48.8 Å². The van der Waals surface area contributed by atoms with Gasteiger partial charge in [-0.15, -0.1) is 4.90 Å². The number of benzene rings is 1. The molecular formula is C28H33N5O5. The minimum atomic E-state index is -0.941. The van der Waals surface area contributed by atoms with E-state index >= 15 is 0 Å². The summed E-state index contributed by atoms with van der Waals surface area (Å²) in [6, 6.07) is 11.7. The molecule has 0 spiro atoms. The number of ether oxygens (including phenoxy) is 3. The first-order chi connectivity index (χ1) is 17.9. The fourth-order valence-electron chi connectivity index (χ4n) is 3.76. The van der Waals surface area contributed by atoms with Crippen molar-refractivity contribution in [2.45, 2.75) is 65.7 Å².